The van der Waals surface area contributed by atoms with E-state index in [4.69, 9.17) is 0 Å². The van der Waals surface area contributed by atoms with Gasteiger partial charge in [0.2, 0.25) is 10.0 Å². The summed E-state index contributed by atoms with van der Waals surface area (Å²) in [5.74, 6) is -0.552. The number of sulfonamides is 2. The molecule has 3 aliphatic heterocycles. The Balaban J connectivity index is 1.36. The first-order chi connectivity index (χ1) is 17.0. The van der Waals surface area contributed by atoms with Gasteiger partial charge in [-0.2, -0.15) is 19.8 Å². The average molecular weight is 571 g/mol. The van der Waals surface area contributed by atoms with Crippen LogP contribution in [0.5, 0.6) is 0 Å². The number of amidine groups is 1. The van der Waals surface area contributed by atoms with Gasteiger partial charge in [-0.25, -0.2) is 13.1 Å². The summed E-state index contributed by atoms with van der Waals surface area (Å²) in [6, 6.07) is 1.86. The van der Waals surface area contributed by atoms with Gasteiger partial charge in [0.25, 0.3) is 15.9 Å². The van der Waals surface area contributed by atoms with Crippen LogP contribution in [-0.2, 0) is 31.4 Å². The molecule has 2 aliphatic carbocycles. The molecule has 14 heteroatoms. The van der Waals surface area contributed by atoms with Crippen LogP contribution in [0.4, 0.5) is 0 Å². The molecule has 2 fully saturated rings. The van der Waals surface area contributed by atoms with Crippen molar-refractivity contribution in [3.8, 4) is 0 Å². The molecule has 2 bridgehead atoms. The molecule has 1 aromatic heterocycles. The number of thioether (sulfide) groups is 1. The molecule has 5 aliphatic rings. The number of nitrogens with one attached hydrogen (secondary N) is 2. The van der Waals surface area contributed by atoms with Crippen molar-refractivity contribution in [1.82, 2.24) is 14.9 Å². The topological polar surface area (TPSA) is 145 Å². The van der Waals surface area contributed by atoms with E-state index in [0.29, 0.717) is 23.2 Å². The number of nitrogens with zero attached hydrogens (tertiary/aromatic N) is 2. The van der Waals surface area contributed by atoms with E-state index in [1.165, 1.54) is 11.8 Å². The van der Waals surface area contributed by atoms with Gasteiger partial charge in [-0.3, -0.25) is 4.79 Å². The van der Waals surface area contributed by atoms with E-state index in [0.717, 1.165) is 31.1 Å². The first-order valence-corrected chi connectivity index (χ1v) is 17.0. The monoisotopic (exact) mass is 570 g/mol. The highest BCUT2D eigenvalue weighted by Gasteiger charge is 2.57. The summed E-state index contributed by atoms with van der Waals surface area (Å²) < 4.78 is 55.9. The Morgan fingerprint density at radius 1 is 1.31 bits per heavy atom. The molecule has 4 heterocycles. The van der Waals surface area contributed by atoms with Crippen molar-refractivity contribution in [2.24, 2.45) is 28.1 Å². The van der Waals surface area contributed by atoms with Gasteiger partial charge in [0.1, 0.15) is 16.2 Å². The zero-order valence-corrected chi connectivity index (χ0v) is 22.6. The fraction of sp³-hybridized carbons (Fsp3) is 0.545. The maximum atomic E-state index is 13.9. The highest BCUT2D eigenvalue weighted by Crippen LogP contribution is 2.55. The Bertz CT molecular complexity index is 1430. The molecule has 0 aromatic carbocycles. The number of hydrogen-bond acceptors (Lipinski definition) is 9. The molecule has 0 spiro atoms. The molecule has 1 aromatic rings. The van der Waals surface area contributed by atoms with Crippen molar-refractivity contribution < 1.29 is 26.7 Å². The molecule has 2 saturated carbocycles. The number of fused-ring (bicyclic) bond motifs is 5. The first kappa shape index (κ1) is 24.5. The van der Waals surface area contributed by atoms with Gasteiger partial charge in [-0.1, -0.05) is 0 Å². The Hall–Kier alpha value is -1.87. The Kier molecular flexibility index (Phi) is 5.83. The summed E-state index contributed by atoms with van der Waals surface area (Å²) in [4.78, 5) is 15.7. The second-order valence-corrected chi connectivity index (χ2v) is 15.3. The van der Waals surface area contributed by atoms with E-state index in [-0.39, 0.29) is 46.5 Å². The molecule has 5 atom stereocenters. The number of thiophene rings is 1. The summed E-state index contributed by atoms with van der Waals surface area (Å²) in [7, 11) is -7.68. The normalized spacial score (nSPS) is 33.0. The van der Waals surface area contributed by atoms with Crippen LogP contribution in [0.3, 0.4) is 0 Å². The Labute approximate surface area is 218 Å². The number of aliphatic hydroxyl groups is 1. The van der Waals surface area contributed by atoms with Gasteiger partial charge < -0.3 is 15.3 Å². The van der Waals surface area contributed by atoms with Gasteiger partial charge in [0.05, 0.1) is 11.3 Å². The predicted octanol–water partition coefficient (Wildman–Crippen LogP) is 1.73. The fourth-order valence-electron chi connectivity index (χ4n) is 6.38. The second-order valence-electron chi connectivity index (χ2n) is 10.0. The van der Waals surface area contributed by atoms with Gasteiger partial charge in [-0.15, -0.1) is 16.2 Å². The van der Waals surface area contributed by atoms with Gasteiger partial charge in [-0.05, 0) is 53.5 Å². The third-order valence-corrected chi connectivity index (χ3v) is 12.0. The largest absolute Gasteiger partial charge is 0.511 e. The molecule has 6 rings (SSSR count). The van der Waals surface area contributed by atoms with E-state index in [1.807, 2.05) is 16.8 Å². The molecular formula is C22H26N4O6S4. The van der Waals surface area contributed by atoms with Crippen LogP contribution < -0.4 is 10.0 Å². The van der Waals surface area contributed by atoms with E-state index in [2.05, 4.69) is 14.4 Å². The third kappa shape index (κ3) is 4.01. The zero-order valence-electron chi connectivity index (χ0n) is 19.4. The van der Waals surface area contributed by atoms with E-state index < -0.39 is 31.9 Å². The number of rotatable bonds is 6. The van der Waals surface area contributed by atoms with Crippen molar-refractivity contribution in [1.29, 1.82) is 0 Å². The summed E-state index contributed by atoms with van der Waals surface area (Å²) in [6.07, 6.45) is 3.95. The number of carbonyl (C=O) groups excluding carboxylic acids is 1. The van der Waals surface area contributed by atoms with E-state index in [1.54, 1.807) is 16.2 Å². The molecule has 0 saturated heterocycles. The van der Waals surface area contributed by atoms with E-state index >= 15 is 0 Å². The lowest BCUT2D eigenvalue weighted by atomic mass is 9.77. The van der Waals surface area contributed by atoms with Gasteiger partial charge in [0, 0.05) is 36.7 Å². The van der Waals surface area contributed by atoms with Crippen LogP contribution in [0, 0.1) is 23.7 Å². The maximum Gasteiger partial charge on any atom is 0.283 e. The molecule has 10 nitrogen and oxygen atoms in total. The van der Waals surface area contributed by atoms with Gasteiger partial charge >= 0.3 is 0 Å². The number of hydrogen-bond donors (Lipinski definition) is 3. The quantitative estimate of drug-likeness (QED) is 0.469. The van der Waals surface area contributed by atoms with Crippen molar-refractivity contribution in [3.05, 3.63) is 43.7 Å². The van der Waals surface area contributed by atoms with E-state index in [9.17, 15) is 26.7 Å². The zero-order chi connectivity index (χ0) is 25.4. The molecule has 194 valence electrons. The third-order valence-electron chi connectivity index (χ3n) is 7.79. The SMILES string of the molecule is CS(=O)(=O)NCC1CSC2=C1S(=O)(=O)N=C(C1=C(O)C3C([C@@H]4CC[C@H]3C4)N(Cc3ccsc3)C1=O)N2. The van der Waals surface area contributed by atoms with Crippen LogP contribution in [-0.4, -0.2) is 63.2 Å². The van der Waals surface area contributed by atoms with Crippen LogP contribution in [0.25, 0.3) is 0 Å². The molecular weight excluding hydrogens is 545 g/mol. The van der Waals surface area contributed by atoms with Gasteiger partial charge in [0.15, 0.2) is 5.84 Å². The molecule has 1 amide bonds. The summed E-state index contributed by atoms with van der Waals surface area (Å²) in [5.41, 5.74) is 0.923. The number of aliphatic hydroxyl groups excluding tert-OH is 1. The average Bonchev–Trinajstić information content (AvgIpc) is 3.58. The van der Waals surface area contributed by atoms with Crippen LogP contribution in [0.2, 0.25) is 0 Å². The fourth-order valence-corrected chi connectivity index (χ4v) is 10.6. The predicted molar refractivity (Wildman–Crippen MR) is 138 cm³/mol. The van der Waals surface area contributed by atoms with Crippen molar-refractivity contribution >= 4 is 54.9 Å². The Morgan fingerprint density at radius 3 is 2.81 bits per heavy atom. The maximum absolute atomic E-state index is 13.9. The smallest absolute Gasteiger partial charge is 0.283 e. The molecule has 3 N–H and O–H groups in total. The number of amides is 1. The summed E-state index contributed by atoms with van der Waals surface area (Å²) >= 11 is 2.79. The summed E-state index contributed by atoms with van der Waals surface area (Å²) in [5, 5.41) is 18.7. The molecule has 3 unspecified atom stereocenters. The lowest BCUT2D eigenvalue weighted by Crippen LogP contribution is -2.54. The highest BCUT2D eigenvalue weighted by atomic mass is 32.2. The van der Waals surface area contributed by atoms with Crippen molar-refractivity contribution in [2.75, 3.05) is 18.6 Å². The Morgan fingerprint density at radius 2 is 2.08 bits per heavy atom. The molecule has 0 radical (unpaired) electrons. The lowest BCUT2D eigenvalue weighted by Gasteiger charge is -2.44. The van der Waals surface area contributed by atoms with Crippen molar-refractivity contribution in [3.63, 3.8) is 0 Å². The highest BCUT2D eigenvalue weighted by molar-refractivity contribution is 8.05. The van der Waals surface area contributed by atoms with Crippen molar-refractivity contribution in [2.45, 2.75) is 31.8 Å². The van der Waals surface area contributed by atoms with Crippen LogP contribution >= 0.6 is 23.1 Å². The standard InChI is InChI=1S/C22H26N4O6S4/c1-35(29,30)23-7-14-10-34-21-19(14)36(31,32)25-20(24-21)16-18(27)15-12-2-3-13(6-12)17(15)26(22(16)28)8-11-4-5-33-9-11/h4-5,9,12-15,17,23,27H,2-3,6-8,10H2,1H3,(H,24,25)/t12-,13+,14?,15?,17?/m0/s1. The minimum atomic E-state index is -4.19. The minimum absolute atomic E-state index is 0.0173. The summed E-state index contributed by atoms with van der Waals surface area (Å²) in [6.45, 7) is 0.329. The lowest BCUT2D eigenvalue weighted by molar-refractivity contribution is -0.134. The minimum Gasteiger partial charge on any atom is -0.511 e. The number of carbonyl (C=O) groups is 1. The van der Waals surface area contributed by atoms with Crippen LogP contribution in [0.1, 0.15) is 24.8 Å². The second kappa shape index (κ2) is 8.58. The molecule has 36 heavy (non-hydrogen) atoms. The first-order valence-electron chi connectivity index (χ1n) is 11.7. The van der Waals surface area contributed by atoms with Crippen LogP contribution in [0.15, 0.2) is 42.5 Å².